The van der Waals surface area contributed by atoms with E-state index in [1.54, 1.807) is 12.1 Å². The Morgan fingerprint density at radius 1 is 1.12 bits per heavy atom. The van der Waals surface area contributed by atoms with Crippen molar-refractivity contribution in [1.82, 2.24) is 9.80 Å². The molecule has 2 aromatic carbocycles. The van der Waals surface area contributed by atoms with Gasteiger partial charge in [0.2, 0.25) is 5.91 Å². The molecule has 0 saturated carbocycles. The Bertz CT molecular complexity index is 1040. The first kappa shape index (κ1) is 26.6. The number of carboxylic acids is 1. The molecule has 6 nitrogen and oxygen atoms in total. The van der Waals surface area contributed by atoms with Crippen molar-refractivity contribution in [3.8, 4) is 5.75 Å². The minimum Gasteiger partial charge on any atom is -0.482 e. The SMILES string of the molecule is CN(C(=O)Cc1ccc(Cl)c(Cl)c1)[C@H]1c2cc(OCC(=O)O)ccc2CC[C@@H]1N1CCCC1.Cl. The average molecular weight is 528 g/mol. The van der Waals surface area contributed by atoms with Gasteiger partial charge >= 0.3 is 5.97 Å². The van der Waals surface area contributed by atoms with Gasteiger partial charge in [-0.15, -0.1) is 12.4 Å². The molecule has 1 amide bonds. The van der Waals surface area contributed by atoms with Crippen LogP contribution in [0.2, 0.25) is 10.0 Å². The summed E-state index contributed by atoms with van der Waals surface area (Å²) in [6.45, 7) is 1.66. The van der Waals surface area contributed by atoms with Crippen molar-refractivity contribution < 1.29 is 19.4 Å². The molecule has 2 atom stereocenters. The summed E-state index contributed by atoms with van der Waals surface area (Å²) >= 11 is 12.2. The van der Waals surface area contributed by atoms with Crippen molar-refractivity contribution in [2.24, 2.45) is 0 Å². The van der Waals surface area contributed by atoms with Crippen LogP contribution in [0.15, 0.2) is 36.4 Å². The highest BCUT2D eigenvalue weighted by molar-refractivity contribution is 6.42. The van der Waals surface area contributed by atoms with Crippen molar-refractivity contribution in [3.63, 3.8) is 0 Å². The molecule has 2 aliphatic rings. The Labute approximate surface area is 216 Å². The predicted molar refractivity (Wildman–Crippen MR) is 135 cm³/mol. The summed E-state index contributed by atoms with van der Waals surface area (Å²) < 4.78 is 5.46. The zero-order valence-electron chi connectivity index (χ0n) is 19.0. The van der Waals surface area contributed by atoms with Crippen LogP contribution in [0.25, 0.3) is 0 Å². The number of aryl methyl sites for hydroxylation is 1. The molecule has 1 aliphatic heterocycles. The van der Waals surface area contributed by atoms with Gasteiger partial charge in [0.1, 0.15) is 5.75 Å². The molecular weight excluding hydrogens is 499 g/mol. The number of amides is 1. The van der Waals surface area contributed by atoms with Crippen molar-refractivity contribution in [3.05, 3.63) is 63.1 Å². The Kier molecular flexibility index (Phi) is 9.10. The summed E-state index contributed by atoms with van der Waals surface area (Å²) in [7, 11) is 1.85. The standard InChI is InChI=1S/C25H28Cl2N2O4.ClH/c1-28(23(30)13-16-4-8-20(26)21(27)12-16)25-19-14-18(33-15-24(31)32)7-5-17(19)6-9-22(25)29-10-2-3-11-29;/h4-5,7-8,12,14,22,25H,2-3,6,9-11,13,15H2,1H3,(H,31,32);1H/t22-,25-;/m0./s1. The molecule has 9 heteroatoms. The number of carbonyl (C=O) groups excluding carboxylic acids is 1. The van der Waals surface area contributed by atoms with Gasteiger partial charge in [0, 0.05) is 13.1 Å². The van der Waals surface area contributed by atoms with Crippen LogP contribution in [0.4, 0.5) is 0 Å². The topological polar surface area (TPSA) is 70.1 Å². The summed E-state index contributed by atoms with van der Waals surface area (Å²) in [4.78, 5) is 28.7. The number of hydrogen-bond donors (Lipinski definition) is 1. The molecule has 0 radical (unpaired) electrons. The summed E-state index contributed by atoms with van der Waals surface area (Å²) in [6.07, 6.45) is 4.44. The van der Waals surface area contributed by atoms with Gasteiger partial charge in [-0.05, 0) is 79.7 Å². The number of carbonyl (C=O) groups is 2. The van der Waals surface area contributed by atoms with Crippen LogP contribution in [0.1, 0.15) is 42.0 Å². The molecule has 0 unspecified atom stereocenters. The van der Waals surface area contributed by atoms with Gasteiger partial charge < -0.3 is 14.7 Å². The zero-order valence-corrected chi connectivity index (χ0v) is 21.3. The van der Waals surface area contributed by atoms with Crippen LogP contribution in [-0.2, 0) is 22.4 Å². The van der Waals surface area contributed by atoms with Gasteiger partial charge in [0.25, 0.3) is 0 Å². The lowest BCUT2D eigenvalue weighted by molar-refractivity contribution is -0.139. The van der Waals surface area contributed by atoms with Crippen LogP contribution >= 0.6 is 35.6 Å². The number of aliphatic carboxylic acids is 1. The minimum atomic E-state index is -1.02. The molecule has 2 aromatic rings. The first-order valence-corrected chi connectivity index (χ1v) is 12.0. The number of nitrogens with zero attached hydrogens (tertiary/aromatic N) is 2. The van der Waals surface area contributed by atoms with Crippen molar-refractivity contribution in [2.75, 3.05) is 26.7 Å². The molecular formula is C25H29Cl3N2O4. The molecule has 0 spiro atoms. The van der Waals surface area contributed by atoms with E-state index in [2.05, 4.69) is 4.90 Å². The van der Waals surface area contributed by atoms with E-state index >= 15 is 0 Å². The van der Waals surface area contributed by atoms with Crippen LogP contribution in [0, 0.1) is 0 Å². The minimum absolute atomic E-state index is 0. The molecule has 1 fully saturated rings. The maximum atomic E-state index is 13.4. The van der Waals surface area contributed by atoms with Crippen molar-refractivity contribution in [1.29, 1.82) is 0 Å². The van der Waals surface area contributed by atoms with E-state index in [0.717, 1.165) is 37.1 Å². The summed E-state index contributed by atoms with van der Waals surface area (Å²) in [5.74, 6) is -0.519. The Morgan fingerprint density at radius 3 is 2.53 bits per heavy atom. The zero-order chi connectivity index (χ0) is 23.5. The lowest BCUT2D eigenvalue weighted by atomic mass is 9.82. The maximum absolute atomic E-state index is 13.4. The molecule has 184 valence electrons. The third kappa shape index (κ3) is 5.98. The fraction of sp³-hybridized carbons (Fsp3) is 0.440. The number of halogens is 3. The summed E-state index contributed by atoms with van der Waals surface area (Å²) in [6, 6.07) is 11.1. The number of hydrogen-bond acceptors (Lipinski definition) is 4. The average Bonchev–Trinajstić information content (AvgIpc) is 3.33. The third-order valence-corrected chi connectivity index (χ3v) is 7.37. The molecule has 1 saturated heterocycles. The molecule has 4 rings (SSSR count). The number of likely N-dealkylation sites (N-methyl/N-ethyl adjacent to an activating group) is 1. The van der Waals surface area contributed by atoms with E-state index in [4.69, 9.17) is 33.0 Å². The highest BCUT2D eigenvalue weighted by Crippen LogP contribution is 2.40. The summed E-state index contributed by atoms with van der Waals surface area (Å²) in [5, 5.41) is 9.88. The second-order valence-corrected chi connectivity index (χ2v) is 9.58. The normalized spacial score (nSPS) is 19.7. The van der Waals surface area contributed by atoms with Gasteiger partial charge in [0.15, 0.2) is 6.61 Å². The van der Waals surface area contributed by atoms with Crippen LogP contribution in [-0.4, -0.2) is 59.6 Å². The largest absolute Gasteiger partial charge is 0.482 e. The Hall–Kier alpha value is -1.99. The Morgan fingerprint density at radius 2 is 1.85 bits per heavy atom. The molecule has 34 heavy (non-hydrogen) atoms. The molecule has 1 heterocycles. The second-order valence-electron chi connectivity index (χ2n) is 8.77. The van der Waals surface area contributed by atoms with E-state index in [1.165, 1.54) is 18.4 Å². The van der Waals surface area contributed by atoms with Crippen molar-refractivity contribution in [2.45, 2.75) is 44.2 Å². The molecule has 1 N–H and O–H groups in total. The van der Waals surface area contributed by atoms with E-state index in [9.17, 15) is 9.59 Å². The first-order valence-electron chi connectivity index (χ1n) is 11.2. The van der Waals surface area contributed by atoms with E-state index < -0.39 is 12.6 Å². The lowest BCUT2D eigenvalue weighted by Crippen LogP contribution is -2.48. The number of rotatable bonds is 7. The fourth-order valence-electron chi connectivity index (χ4n) is 5.01. The highest BCUT2D eigenvalue weighted by atomic mass is 35.5. The highest BCUT2D eigenvalue weighted by Gasteiger charge is 2.38. The van der Waals surface area contributed by atoms with Gasteiger partial charge in [-0.1, -0.05) is 35.3 Å². The first-order chi connectivity index (χ1) is 15.8. The third-order valence-electron chi connectivity index (χ3n) is 6.63. The number of likely N-dealkylation sites (tertiary alicyclic amines) is 1. The van der Waals surface area contributed by atoms with Gasteiger partial charge in [-0.3, -0.25) is 9.69 Å². The van der Waals surface area contributed by atoms with E-state index in [0.29, 0.717) is 15.8 Å². The summed E-state index contributed by atoms with van der Waals surface area (Å²) in [5.41, 5.74) is 3.02. The lowest BCUT2D eigenvalue weighted by Gasteiger charge is -2.43. The number of ether oxygens (including phenoxy) is 1. The maximum Gasteiger partial charge on any atom is 0.341 e. The van der Waals surface area contributed by atoms with Crippen molar-refractivity contribution >= 4 is 47.5 Å². The Balaban J connectivity index is 0.00000324. The van der Waals surface area contributed by atoms with Crippen LogP contribution < -0.4 is 4.74 Å². The van der Waals surface area contributed by atoms with Gasteiger partial charge in [-0.25, -0.2) is 4.79 Å². The smallest absolute Gasteiger partial charge is 0.341 e. The quantitative estimate of drug-likeness (QED) is 0.547. The van der Waals surface area contributed by atoms with Gasteiger partial charge in [-0.2, -0.15) is 0 Å². The van der Waals surface area contributed by atoms with Gasteiger partial charge in [0.05, 0.1) is 22.5 Å². The molecule has 0 bridgehead atoms. The fourth-order valence-corrected chi connectivity index (χ4v) is 5.33. The predicted octanol–water partition coefficient (Wildman–Crippen LogP) is 5.03. The van der Waals surface area contributed by atoms with E-state index in [-0.39, 0.29) is 36.8 Å². The van der Waals surface area contributed by atoms with Crippen LogP contribution in [0.5, 0.6) is 5.75 Å². The number of benzene rings is 2. The second kappa shape index (κ2) is 11.6. The number of fused-ring (bicyclic) bond motifs is 1. The molecule has 1 aliphatic carbocycles. The van der Waals surface area contributed by atoms with E-state index in [1.807, 2.05) is 36.2 Å². The molecule has 0 aromatic heterocycles. The van der Waals surface area contributed by atoms with Crippen LogP contribution in [0.3, 0.4) is 0 Å². The number of carboxylic acid groups (broad SMARTS) is 1. The monoisotopic (exact) mass is 526 g/mol.